The molecule has 0 aliphatic heterocycles. The number of aromatic nitrogens is 3. The first-order valence-corrected chi connectivity index (χ1v) is 17.2. The smallest absolute Gasteiger partial charge is 0.147 e. The molecular weight excluding hydrogens is 579 g/mol. The summed E-state index contributed by atoms with van der Waals surface area (Å²) < 4.78 is 3.75. The van der Waals surface area contributed by atoms with Crippen molar-refractivity contribution in [2.75, 3.05) is 0 Å². The first kappa shape index (κ1) is 28.9. The van der Waals surface area contributed by atoms with Gasteiger partial charge in [0.15, 0.2) is 0 Å². The van der Waals surface area contributed by atoms with Crippen LogP contribution in [0.5, 0.6) is 0 Å². The normalized spacial score (nSPS) is 12.6. The lowest BCUT2D eigenvalue weighted by molar-refractivity contribution is 0.572. The van der Waals surface area contributed by atoms with Crippen LogP contribution < -0.4 is 0 Å². The van der Waals surface area contributed by atoms with Crippen molar-refractivity contribution in [1.29, 1.82) is 0 Å². The second-order valence-electron chi connectivity index (χ2n) is 14.3. The van der Waals surface area contributed by atoms with Gasteiger partial charge in [0.25, 0.3) is 0 Å². The fourth-order valence-corrected chi connectivity index (χ4v) is 8.35. The van der Waals surface area contributed by atoms with Crippen LogP contribution in [0.15, 0.2) is 97.1 Å². The minimum atomic E-state index is -0.0151. The molecular formula is C42H39N3S. The van der Waals surface area contributed by atoms with Gasteiger partial charge >= 0.3 is 0 Å². The Labute approximate surface area is 274 Å². The van der Waals surface area contributed by atoms with Gasteiger partial charge in [-0.3, -0.25) is 4.57 Å². The fourth-order valence-electron chi connectivity index (χ4n) is 7.17. The van der Waals surface area contributed by atoms with E-state index in [0.29, 0.717) is 11.8 Å². The maximum atomic E-state index is 5.52. The van der Waals surface area contributed by atoms with Gasteiger partial charge in [-0.25, -0.2) is 9.97 Å². The molecule has 228 valence electrons. The van der Waals surface area contributed by atoms with E-state index in [2.05, 4.69) is 150 Å². The number of pyridine rings is 1. The lowest BCUT2D eigenvalue weighted by atomic mass is 9.87. The molecule has 0 bridgehead atoms. The van der Waals surface area contributed by atoms with E-state index in [0.717, 1.165) is 27.4 Å². The van der Waals surface area contributed by atoms with E-state index in [1.54, 1.807) is 11.3 Å². The zero-order valence-electron chi connectivity index (χ0n) is 27.6. The SMILES string of the molecule is CC(C)c1cc2ccccc2c(C(C)C)c1-n1c(-c2cccc3c2sc2nc(C(C)(C)C)ccc23)nc2ccc3ccccc3c21. The number of imidazole rings is 1. The third kappa shape index (κ3) is 4.38. The van der Waals surface area contributed by atoms with Crippen LogP contribution in [0.4, 0.5) is 0 Å². The molecule has 0 saturated carbocycles. The quantitative estimate of drug-likeness (QED) is 0.197. The van der Waals surface area contributed by atoms with E-state index >= 15 is 0 Å². The number of hydrogen-bond acceptors (Lipinski definition) is 3. The monoisotopic (exact) mass is 617 g/mol. The van der Waals surface area contributed by atoms with Gasteiger partial charge in [0.2, 0.25) is 0 Å². The highest BCUT2D eigenvalue weighted by molar-refractivity contribution is 7.26. The van der Waals surface area contributed by atoms with Gasteiger partial charge < -0.3 is 0 Å². The Balaban J connectivity index is 1.56. The zero-order valence-corrected chi connectivity index (χ0v) is 28.5. The van der Waals surface area contributed by atoms with Gasteiger partial charge in [-0.15, -0.1) is 11.3 Å². The average Bonchev–Trinajstić information content (AvgIpc) is 3.61. The molecule has 8 aromatic rings. The van der Waals surface area contributed by atoms with Gasteiger partial charge in [-0.2, -0.15) is 0 Å². The molecule has 0 spiro atoms. The van der Waals surface area contributed by atoms with Crippen molar-refractivity contribution in [3.8, 4) is 17.1 Å². The van der Waals surface area contributed by atoms with Gasteiger partial charge in [0.1, 0.15) is 10.7 Å². The van der Waals surface area contributed by atoms with Crippen molar-refractivity contribution in [3.05, 3.63) is 114 Å². The number of thiophene rings is 1. The average molecular weight is 618 g/mol. The summed E-state index contributed by atoms with van der Waals surface area (Å²) in [5.74, 6) is 1.61. The van der Waals surface area contributed by atoms with Crippen LogP contribution in [0.25, 0.3) is 70.0 Å². The van der Waals surface area contributed by atoms with Gasteiger partial charge in [0, 0.05) is 37.5 Å². The maximum absolute atomic E-state index is 5.52. The maximum Gasteiger partial charge on any atom is 0.147 e. The molecule has 0 amide bonds. The minimum Gasteiger partial charge on any atom is -0.291 e. The van der Waals surface area contributed by atoms with Gasteiger partial charge in [-0.05, 0) is 69.5 Å². The summed E-state index contributed by atoms with van der Waals surface area (Å²) in [6.07, 6.45) is 0. The van der Waals surface area contributed by atoms with Crippen LogP contribution in [-0.2, 0) is 5.41 Å². The molecule has 5 aromatic carbocycles. The molecule has 0 fully saturated rings. The highest BCUT2D eigenvalue weighted by Crippen LogP contribution is 2.45. The summed E-state index contributed by atoms with van der Waals surface area (Å²) in [4.78, 5) is 11.8. The predicted molar refractivity (Wildman–Crippen MR) is 199 cm³/mol. The van der Waals surface area contributed by atoms with Crippen LogP contribution in [0.3, 0.4) is 0 Å². The Hall–Kier alpha value is -4.54. The molecule has 46 heavy (non-hydrogen) atoms. The number of nitrogens with zero attached hydrogens (tertiary/aromatic N) is 3. The molecule has 3 heterocycles. The van der Waals surface area contributed by atoms with Crippen molar-refractivity contribution < 1.29 is 0 Å². The van der Waals surface area contributed by atoms with E-state index in [4.69, 9.17) is 9.97 Å². The largest absolute Gasteiger partial charge is 0.291 e. The van der Waals surface area contributed by atoms with Crippen molar-refractivity contribution in [2.45, 2.75) is 65.7 Å². The number of hydrogen-bond donors (Lipinski definition) is 0. The summed E-state index contributed by atoms with van der Waals surface area (Å²) in [5.41, 5.74) is 8.41. The molecule has 0 aliphatic carbocycles. The van der Waals surface area contributed by atoms with E-state index in [-0.39, 0.29) is 5.41 Å². The summed E-state index contributed by atoms with van der Waals surface area (Å²) >= 11 is 1.79. The number of rotatable bonds is 4. The Bertz CT molecular complexity index is 2470. The zero-order chi connectivity index (χ0) is 31.9. The molecule has 3 aromatic heterocycles. The Morgan fingerprint density at radius 3 is 2.11 bits per heavy atom. The summed E-state index contributed by atoms with van der Waals surface area (Å²) in [6, 6.07) is 35.6. The molecule has 0 saturated heterocycles. The lowest BCUT2D eigenvalue weighted by Crippen LogP contribution is -2.12. The van der Waals surface area contributed by atoms with Crippen LogP contribution in [-0.4, -0.2) is 14.5 Å². The molecule has 0 N–H and O–H groups in total. The second-order valence-corrected chi connectivity index (χ2v) is 15.3. The molecule has 4 heteroatoms. The molecule has 0 atom stereocenters. The Kier molecular flexibility index (Phi) is 6.60. The Morgan fingerprint density at radius 2 is 1.37 bits per heavy atom. The third-order valence-corrected chi connectivity index (χ3v) is 10.6. The summed E-state index contributed by atoms with van der Waals surface area (Å²) in [7, 11) is 0. The predicted octanol–water partition coefficient (Wildman–Crippen LogP) is 12.3. The van der Waals surface area contributed by atoms with Crippen molar-refractivity contribution in [3.63, 3.8) is 0 Å². The third-order valence-electron chi connectivity index (χ3n) is 9.43. The molecule has 0 radical (unpaired) electrons. The van der Waals surface area contributed by atoms with Crippen molar-refractivity contribution >= 4 is 64.2 Å². The topological polar surface area (TPSA) is 30.7 Å². The van der Waals surface area contributed by atoms with Crippen LogP contribution >= 0.6 is 11.3 Å². The van der Waals surface area contributed by atoms with E-state index in [1.165, 1.54) is 59.3 Å². The van der Waals surface area contributed by atoms with Crippen LogP contribution in [0.1, 0.15) is 77.1 Å². The van der Waals surface area contributed by atoms with Crippen LogP contribution in [0, 0.1) is 0 Å². The van der Waals surface area contributed by atoms with Crippen molar-refractivity contribution in [1.82, 2.24) is 14.5 Å². The van der Waals surface area contributed by atoms with E-state index in [9.17, 15) is 0 Å². The molecule has 8 rings (SSSR count). The van der Waals surface area contributed by atoms with Crippen molar-refractivity contribution in [2.24, 2.45) is 0 Å². The van der Waals surface area contributed by atoms with E-state index < -0.39 is 0 Å². The molecule has 0 aliphatic rings. The number of benzene rings is 5. The number of fused-ring (bicyclic) bond motifs is 7. The minimum absolute atomic E-state index is 0.0151. The summed E-state index contributed by atoms with van der Waals surface area (Å²) in [5, 5.41) is 7.49. The van der Waals surface area contributed by atoms with Gasteiger partial charge in [-0.1, -0.05) is 115 Å². The molecule has 3 nitrogen and oxygen atoms in total. The van der Waals surface area contributed by atoms with Crippen LogP contribution in [0.2, 0.25) is 0 Å². The van der Waals surface area contributed by atoms with Gasteiger partial charge in [0.05, 0.1) is 16.7 Å². The second kappa shape index (κ2) is 10.5. The highest BCUT2D eigenvalue weighted by atomic mass is 32.1. The summed E-state index contributed by atoms with van der Waals surface area (Å²) in [6.45, 7) is 16.0. The van der Waals surface area contributed by atoms with E-state index in [1.807, 2.05) is 0 Å². The highest BCUT2D eigenvalue weighted by Gasteiger charge is 2.27. The lowest BCUT2D eigenvalue weighted by Gasteiger charge is -2.25. The first-order valence-electron chi connectivity index (χ1n) is 16.4. The Morgan fingerprint density at radius 1 is 0.652 bits per heavy atom. The standard InChI is InChI=1S/C42H39N3S/c1-24(2)33-23-27-14-9-10-15-28(27)36(25(3)4)38(33)45-37-29-16-11-8-13-26(29)19-21-34(37)43-40(45)32-18-12-17-30-31-20-22-35(42(5,6)7)44-41(31)46-39(30)32/h8-25H,1-7H3. The first-order chi connectivity index (χ1) is 22.1. The fraction of sp³-hybridized carbons (Fsp3) is 0.238. The molecule has 0 unspecified atom stereocenters.